The van der Waals surface area contributed by atoms with Crippen molar-refractivity contribution >= 4 is 40.3 Å². The highest BCUT2D eigenvalue weighted by molar-refractivity contribution is 6.31. The number of halogens is 1. The molecule has 170 valence electrons. The maximum atomic E-state index is 6.27. The quantitative estimate of drug-likeness (QED) is 0.358. The van der Waals surface area contributed by atoms with Crippen molar-refractivity contribution in [2.75, 3.05) is 25.0 Å². The van der Waals surface area contributed by atoms with E-state index in [0.717, 1.165) is 53.2 Å². The second-order valence-corrected chi connectivity index (χ2v) is 8.17. The molecule has 0 amide bonds. The fourth-order valence-corrected chi connectivity index (χ4v) is 3.78. The standard InChI is InChI=1S/C25H28ClN7/c1-3-32(4-2)17-22-18-33(31-30-22)14-13-28-25-16-21(7-5-19-9-11-27-12-10-19)29-24-8-6-20(26)15-23(24)25/h5-12,15-16,18H,3-4,13-14,17H2,1-2H3,(H,28,29)/b7-5+. The van der Waals surface area contributed by atoms with Crippen molar-refractivity contribution in [1.29, 1.82) is 0 Å². The molecule has 0 aliphatic rings. The smallest absolute Gasteiger partial charge is 0.0967 e. The zero-order chi connectivity index (χ0) is 23.0. The average molecular weight is 462 g/mol. The van der Waals surface area contributed by atoms with Gasteiger partial charge in [0.15, 0.2) is 0 Å². The highest BCUT2D eigenvalue weighted by Crippen LogP contribution is 2.27. The summed E-state index contributed by atoms with van der Waals surface area (Å²) in [4.78, 5) is 11.2. The number of benzene rings is 1. The van der Waals surface area contributed by atoms with E-state index >= 15 is 0 Å². The van der Waals surface area contributed by atoms with Crippen molar-refractivity contribution in [2.24, 2.45) is 0 Å². The van der Waals surface area contributed by atoms with Crippen molar-refractivity contribution in [3.63, 3.8) is 0 Å². The van der Waals surface area contributed by atoms with Gasteiger partial charge in [-0.15, -0.1) is 5.10 Å². The van der Waals surface area contributed by atoms with Crippen LogP contribution in [0, 0.1) is 0 Å². The van der Waals surface area contributed by atoms with Crippen LogP contribution < -0.4 is 5.32 Å². The van der Waals surface area contributed by atoms with Crippen LogP contribution in [-0.2, 0) is 13.1 Å². The van der Waals surface area contributed by atoms with Crippen molar-refractivity contribution in [3.05, 3.63) is 77.0 Å². The van der Waals surface area contributed by atoms with E-state index in [9.17, 15) is 0 Å². The molecular weight excluding hydrogens is 434 g/mol. The number of fused-ring (bicyclic) bond motifs is 1. The molecule has 4 rings (SSSR count). The van der Waals surface area contributed by atoms with Crippen molar-refractivity contribution in [3.8, 4) is 0 Å². The SMILES string of the molecule is CCN(CC)Cc1cn(CCNc2cc(/C=C/c3ccncc3)nc3ccc(Cl)cc23)nn1. The molecule has 0 bridgehead atoms. The Kier molecular flexibility index (Phi) is 7.65. The molecule has 0 aliphatic heterocycles. The summed E-state index contributed by atoms with van der Waals surface area (Å²) >= 11 is 6.27. The summed E-state index contributed by atoms with van der Waals surface area (Å²) < 4.78 is 1.88. The van der Waals surface area contributed by atoms with Crippen LogP contribution in [0.25, 0.3) is 23.1 Å². The van der Waals surface area contributed by atoms with Gasteiger partial charge >= 0.3 is 0 Å². The van der Waals surface area contributed by atoms with E-state index in [1.54, 1.807) is 12.4 Å². The maximum absolute atomic E-state index is 6.27. The first-order chi connectivity index (χ1) is 16.1. The molecule has 1 aromatic carbocycles. The monoisotopic (exact) mass is 461 g/mol. The van der Waals surface area contributed by atoms with E-state index in [1.807, 2.05) is 59.4 Å². The summed E-state index contributed by atoms with van der Waals surface area (Å²) in [5.74, 6) is 0. The fraction of sp³-hybridized carbons (Fsp3) is 0.280. The molecule has 0 atom stereocenters. The second-order valence-electron chi connectivity index (χ2n) is 7.73. The summed E-state index contributed by atoms with van der Waals surface area (Å²) in [5, 5.41) is 13.8. The minimum atomic E-state index is 0.685. The lowest BCUT2D eigenvalue weighted by Gasteiger charge is -2.15. The number of hydrogen-bond donors (Lipinski definition) is 1. The molecule has 33 heavy (non-hydrogen) atoms. The number of rotatable bonds is 10. The number of hydrogen-bond acceptors (Lipinski definition) is 6. The molecule has 4 aromatic rings. The van der Waals surface area contributed by atoms with Gasteiger partial charge in [-0.05, 0) is 61.1 Å². The first-order valence-electron chi connectivity index (χ1n) is 11.2. The Labute approximate surface area is 199 Å². The van der Waals surface area contributed by atoms with Crippen molar-refractivity contribution in [1.82, 2.24) is 29.9 Å². The zero-order valence-electron chi connectivity index (χ0n) is 18.9. The summed E-state index contributed by atoms with van der Waals surface area (Å²) in [6.07, 6.45) is 9.61. The molecule has 0 unspecified atom stereocenters. The van der Waals surface area contributed by atoms with E-state index in [4.69, 9.17) is 16.6 Å². The van der Waals surface area contributed by atoms with E-state index in [0.29, 0.717) is 18.1 Å². The topological polar surface area (TPSA) is 71.8 Å². The molecule has 0 aliphatic carbocycles. The Morgan fingerprint density at radius 3 is 2.67 bits per heavy atom. The first-order valence-corrected chi connectivity index (χ1v) is 11.6. The Bertz CT molecular complexity index is 1220. The zero-order valence-corrected chi connectivity index (χ0v) is 19.7. The fourth-order valence-electron chi connectivity index (χ4n) is 3.61. The van der Waals surface area contributed by atoms with Crippen LogP contribution >= 0.6 is 11.6 Å². The van der Waals surface area contributed by atoms with E-state index < -0.39 is 0 Å². The van der Waals surface area contributed by atoms with Gasteiger partial charge in [0, 0.05) is 47.8 Å². The molecule has 0 saturated heterocycles. The molecule has 0 fully saturated rings. The first kappa shape index (κ1) is 22.9. The summed E-state index contributed by atoms with van der Waals surface area (Å²) in [6, 6.07) is 11.7. The summed E-state index contributed by atoms with van der Waals surface area (Å²) in [6.45, 7) is 8.54. The lowest BCUT2D eigenvalue weighted by molar-refractivity contribution is 0.292. The number of nitrogens with zero attached hydrogens (tertiary/aromatic N) is 6. The number of aromatic nitrogens is 5. The van der Waals surface area contributed by atoms with Crippen molar-refractivity contribution < 1.29 is 0 Å². The molecule has 3 aromatic heterocycles. The lowest BCUT2D eigenvalue weighted by Crippen LogP contribution is -2.22. The molecular formula is C25H28ClN7. The van der Waals surface area contributed by atoms with Crippen LogP contribution in [0.5, 0.6) is 0 Å². The van der Waals surface area contributed by atoms with Crippen LogP contribution in [0.1, 0.15) is 30.8 Å². The van der Waals surface area contributed by atoms with Gasteiger partial charge in [-0.1, -0.05) is 36.7 Å². The molecule has 0 saturated carbocycles. The normalized spacial score (nSPS) is 11.6. The van der Waals surface area contributed by atoms with Crippen molar-refractivity contribution in [2.45, 2.75) is 26.9 Å². The number of anilines is 1. The Morgan fingerprint density at radius 1 is 1.06 bits per heavy atom. The Balaban J connectivity index is 1.49. The highest BCUT2D eigenvalue weighted by Gasteiger charge is 2.08. The van der Waals surface area contributed by atoms with Gasteiger partial charge in [0.05, 0.1) is 23.4 Å². The van der Waals surface area contributed by atoms with Gasteiger partial charge in [-0.3, -0.25) is 14.6 Å². The molecule has 0 radical (unpaired) electrons. The Hall–Kier alpha value is -3.29. The van der Waals surface area contributed by atoms with Crippen LogP contribution in [-0.4, -0.2) is 49.5 Å². The van der Waals surface area contributed by atoms with Gasteiger partial charge in [-0.2, -0.15) is 0 Å². The highest BCUT2D eigenvalue weighted by atomic mass is 35.5. The van der Waals surface area contributed by atoms with Gasteiger partial charge in [0.1, 0.15) is 0 Å². The van der Waals surface area contributed by atoms with Crippen LogP contribution in [0.2, 0.25) is 5.02 Å². The van der Waals surface area contributed by atoms with Gasteiger partial charge in [0.25, 0.3) is 0 Å². The lowest BCUT2D eigenvalue weighted by atomic mass is 10.1. The van der Waals surface area contributed by atoms with E-state index in [2.05, 4.69) is 39.4 Å². The van der Waals surface area contributed by atoms with Gasteiger partial charge in [-0.25, -0.2) is 4.98 Å². The number of nitrogens with one attached hydrogen (secondary N) is 1. The third-order valence-corrected chi connectivity index (χ3v) is 5.70. The molecule has 3 heterocycles. The van der Waals surface area contributed by atoms with Crippen LogP contribution in [0.15, 0.2) is 55.0 Å². The van der Waals surface area contributed by atoms with Gasteiger partial charge in [0.2, 0.25) is 0 Å². The summed E-state index contributed by atoms with van der Waals surface area (Å²) in [7, 11) is 0. The predicted molar refractivity (Wildman–Crippen MR) is 135 cm³/mol. The van der Waals surface area contributed by atoms with Crippen LogP contribution in [0.4, 0.5) is 5.69 Å². The molecule has 8 heteroatoms. The Morgan fingerprint density at radius 2 is 1.88 bits per heavy atom. The van der Waals surface area contributed by atoms with Crippen LogP contribution in [0.3, 0.4) is 0 Å². The molecule has 7 nitrogen and oxygen atoms in total. The average Bonchev–Trinajstić information content (AvgIpc) is 3.29. The number of pyridine rings is 2. The second kappa shape index (κ2) is 11.0. The van der Waals surface area contributed by atoms with E-state index in [1.165, 1.54) is 0 Å². The third kappa shape index (κ3) is 6.15. The molecule has 1 N–H and O–H groups in total. The minimum absolute atomic E-state index is 0.685. The largest absolute Gasteiger partial charge is 0.383 e. The minimum Gasteiger partial charge on any atom is -0.383 e. The maximum Gasteiger partial charge on any atom is 0.0967 e. The molecule has 0 spiro atoms. The van der Waals surface area contributed by atoms with Gasteiger partial charge < -0.3 is 5.32 Å². The van der Waals surface area contributed by atoms with E-state index in [-0.39, 0.29) is 0 Å². The third-order valence-electron chi connectivity index (χ3n) is 5.47. The predicted octanol–water partition coefficient (Wildman–Crippen LogP) is 5.00. The summed E-state index contributed by atoms with van der Waals surface area (Å²) in [5.41, 5.74) is 4.81.